The molecule has 5 heteroatoms. The summed E-state index contributed by atoms with van der Waals surface area (Å²) in [5.41, 5.74) is 0. The Morgan fingerprint density at radius 1 is 1.57 bits per heavy atom. The fraction of sp³-hybridized carbons (Fsp3) is 0.667. The second-order valence-corrected chi connectivity index (χ2v) is 7.40. The Balaban J connectivity index is 3.57. The molecule has 0 spiro atoms. The third-order valence-electron chi connectivity index (χ3n) is 1.87. The van der Waals surface area contributed by atoms with Crippen LogP contribution in [-0.2, 0) is 9.53 Å². The van der Waals surface area contributed by atoms with Gasteiger partial charge in [0.2, 0.25) is 8.32 Å². The number of allylic oxidation sites excluding steroid dienone is 1. The molecule has 0 bridgehead atoms. The molecule has 2 N–H and O–H groups in total. The average Bonchev–Trinajstić information content (AvgIpc) is 2.12. The molecule has 82 valence electrons. The molecule has 14 heavy (non-hydrogen) atoms. The van der Waals surface area contributed by atoms with E-state index in [1.807, 2.05) is 0 Å². The number of aliphatic hydroxyl groups is 1. The van der Waals surface area contributed by atoms with Crippen molar-refractivity contribution in [2.75, 3.05) is 12.8 Å². The maximum Gasteiger partial charge on any atom is 0.210 e. The largest absolute Gasteiger partial charge is 0.491 e. The summed E-state index contributed by atoms with van der Waals surface area (Å²) in [6, 6.07) is 0.564. The highest BCUT2D eigenvalue weighted by Crippen LogP contribution is 2.08. The minimum Gasteiger partial charge on any atom is -0.491 e. The lowest BCUT2D eigenvalue weighted by Gasteiger charge is -2.16. The van der Waals surface area contributed by atoms with Crippen molar-refractivity contribution in [1.29, 1.82) is 0 Å². The Hall–Kier alpha value is -0.653. The number of ether oxygens (including phenoxy) is 1. The zero-order chi connectivity index (χ0) is 11.2. The quantitative estimate of drug-likeness (QED) is 0.284. The van der Waals surface area contributed by atoms with Crippen LogP contribution in [0.5, 0.6) is 0 Å². The van der Waals surface area contributed by atoms with Crippen LogP contribution >= 0.6 is 0 Å². The lowest BCUT2D eigenvalue weighted by atomic mass is 10.4. The van der Waals surface area contributed by atoms with Gasteiger partial charge >= 0.3 is 0 Å². The standard InChI is InChI=1S/C9H18O4Si/c1-8(11)9(2)13-5-4-6-14(3,12)7-10/h10,12H,2,4-7H2,1,3H3. The molecule has 0 heterocycles. The van der Waals surface area contributed by atoms with Gasteiger partial charge in [0.05, 0.1) is 12.8 Å². The third kappa shape index (κ3) is 5.90. The van der Waals surface area contributed by atoms with Crippen molar-refractivity contribution in [2.45, 2.75) is 25.9 Å². The van der Waals surface area contributed by atoms with Crippen LogP contribution in [0, 0.1) is 0 Å². The van der Waals surface area contributed by atoms with E-state index in [2.05, 4.69) is 6.58 Å². The Labute approximate surface area is 85.3 Å². The van der Waals surface area contributed by atoms with Gasteiger partial charge in [0.1, 0.15) is 0 Å². The summed E-state index contributed by atoms with van der Waals surface area (Å²) < 4.78 is 5.03. The molecule has 0 amide bonds. The van der Waals surface area contributed by atoms with E-state index in [0.717, 1.165) is 0 Å². The molecule has 1 atom stereocenters. The number of Topliss-reactive ketones (excluding diaryl/α,β-unsaturated/α-hetero) is 1. The summed E-state index contributed by atoms with van der Waals surface area (Å²) in [5.74, 6) is -0.0357. The number of carbonyl (C=O) groups excluding carboxylic acids is 1. The van der Waals surface area contributed by atoms with Crippen LogP contribution in [0.2, 0.25) is 12.6 Å². The molecule has 0 rings (SSSR count). The van der Waals surface area contributed by atoms with Crippen molar-refractivity contribution in [3.63, 3.8) is 0 Å². The predicted molar refractivity (Wildman–Crippen MR) is 56.1 cm³/mol. The minimum atomic E-state index is -2.42. The van der Waals surface area contributed by atoms with Gasteiger partial charge in [-0.15, -0.1) is 0 Å². The highest BCUT2D eigenvalue weighted by atomic mass is 28.4. The van der Waals surface area contributed by atoms with Crippen LogP contribution in [0.15, 0.2) is 12.3 Å². The fourth-order valence-electron chi connectivity index (χ4n) is 0.829. The first-order chi connectivity index (χ1) is 6.39. The van der Waals surface area contributed by atoms with Gasteiger partial charge in [-0.3, -0.25) is 4.79 Å². The lowest BCUT2D eigenvalue weighted by molar-refractivity contribution is -0.116. The van der Waals surface area contributed by atoms with Crippen molar-refractivity contribution < 1.29 is 19.4 Å². The fourth-order valence-corrected chi connectivity index (χ4v) is 1.89. The first-order valence-electron chi connectivity index (χ1n) is 4.55. The summed E-state index contributed by atoms with van der Waals surface area (Å²) in [5, 5.41) is 8.79. The highest BCUT2D eigenvalue weighted by molar-refractivity contribution is 6.70. The van der Waals surface area contributed by atoms with Gasteiger partial charge in [-0.25, -0.2) is 0 Å². The first-order valence-corrected chi connectivity index (χ1v) is 7.41. The molecule has 0 aromatic carbocycles. The smallest absolute Gasteiger partial charge is 0.210 e. The molecule has 4 nitrogen and oxygen atoms in total. The molecule has 0 aromatic heterocycles. The van der Waals surface area contributed by atoms with Gasteiger partial charge in [0, 0.05) is 6.92 Å². The van der Waals surface area contributed by atoms with Crippen LogP contribution in [-0.4, -0.2) is 36.8 Å². The van der Waals surface area contributed by atoms with E-state index >= 15 is 0 Å². The number of ketones is 1. The van der Waals surface area contributed by atoms with Crippen LogP contribution in [0.25, 0.3) is 0 Å². The number of hydrogen-bond donors (Lipinski definition) is 2. The van der Waals surface area contributed by atoms with Crippen LogP contribution in [0.1, 0.15) is 13.3 Å². The Kier molecular flexibility index (Phi) is 5.67. The molecular formula is C9H18O4Si. The highest BCUT2D eigenvalue weighted by Gasteiger charge is 2.22. The van der Waals surface area contributed by atoms with Crippen molar-refractivity contribution >= 4 is 14.1 Å². The molecule has 0 saturated carbocycles. The van der Waals surface area contributed by atoms with Gasteiger partial charge in [0.15, 0.2) is 11.5 Å². The van der Waals surface area contributed by atoms with E-state index in [1.165, 1.54) is 6.92 Å². The minimum absolute atomic E-state index is 0.138. The van der Waals surface area contributed by atoms with Crippen molar-refractivity contribution in [3.05, 3.63) is 12.3 Å². The van der Waals surface area contributed by atoms with Crippen LogP contribution in [0.4, 0.5) is 0 Å². The molecule has 1 unspecified atom stereocenters. The monoisotopic (exact) mass is 218 g/mol. The van der Waals surface area contributed by atoms with Crippen molar-refractivity contribution in [1.82, 2.24) is 0 Å². The second kappa shape index (κ2) is 5.95. The maximum atomic E-state index is 10.7. The summed E-state index contributed by atoms with van der Waals surface area (Å²) in [6.45, 7) is 6.88. The van der Waals surface area contributed by atoms with E-state index in [4.69, 9.17) is 9.84 Å². The molecule has 0 saturated heterocycles. The van der Waals surface area contributed by atoms with Gasteiger partial charge in [-0.1, -0.05) is 6.58 Å². The SMILES string of the molecule is C=C(OCCC[Si](C)(O)CO)C(C)=O. The normalized spacial score (nSPS) is 14.6. The van der Waals surface area contributed by atoms with Gasteiger partial charge < -0.3 is 14.6 Å². The van der Waals surface area contributed by atoms with Crippen LogP contribution in [0.3, 0.4) is 0 Å². The summed E-state index contributed by atoms with van der Waals surface area (Å²) in [4.78, 5) is 20.2. The van der Waals surface area contributed by atoms with Crippen LogP contribution < -0.4 is 0 Å². The van der Waals surface area contributed by atoms with E-state index in [9.17, 15) is 9.59 Å². The van der Waals surface area contributed by atoms with E-state index in [1.54, 1.807) is 6.55 Å². The molecular weight excluding hydrogens is 200 g/mol. The van der Waals surface area contributed by atoms with Crippen molar-refractivity contribution in [3.8, 4) is 0 Å². The zero-order valence-electron chi connectivity index (χ0n) is 8.75. The number of aliphatic hydroxyl groups excluding tert-OH is 1. The lowest BCUT2D eigenvalue weighted by Crippen LogP contribution is -2.35. The molecule has 0 aliphatic rings. The average molecular weight is 218 g/mol. The van der Waals surface area contributed by atoms with Gasteiger partial charge in [0.25, 0.3) is 0 Å². The topological polar surface area (TPSA) is 66.8 Å². The Morgan fingerprint density at radius 2 is 2.14 bits per heavy atom. The number of carbonyl (C=O) groups is 1. The van der Waals surface area contributed by atoms with Gasteiger partial charge in [-0.05, 0) is 19.0 Å². The molecule has 0 radical (unpaired) electrons. The molecule has 0 aromatic rings. The van der Waals surface area contributed by atoms with E-state index in [-0.39, 0.29) is 17.8 Å². The van der Waals surface area contributed by atoms with E-state index < -0.39 is 8.32 Å². The van der Waals surface area contributed by atoms with Crippen molar-refractivity contribution in [2.24, 2.45) is 0 Å². The molecule has 0 aliphatic heterocycles. The first kappa shape index (κ1) is 13.3. The number of hydrogen-bond acceptors (Lipinski definition) is 4. The summed E-state index contributed by atoms with van der Waals surface area (Å²) >= 11 is 0. The number of rotatable bonds is 7. The molecule has 0 fully saturated rings. The zero-order valence-corrected chi connectivity index (χ0v) is 9.75. The Bertz CT molecular complexity index is 213. The second-order valence-electron chi connectivity index (χ2n) is 3.59. The van der Waals surface area contributed by atoms with E-state index in [0.29, 0.717) is 19.1 Å². The maximum absolute atomic E-state index is 10.7. The summed E-state index contributed by atoms with van der Waals surface area (Å²) in [6.07, 6.45) is 0.493. The predicted octanol–water partition coefficient (Wildman–Crippen LogP) is 0.595. The third-order valence-corrected chi connectivity index (χ3v) is 3.98. The Morgan fingerprint density at radius 3 is 2.57 bits per heavy atom. The molecule has 0 aliphatic carbocycles. The van der Waals surface area contributed by atoms with Gasteiger partial charge in [-0.2, -0.15) is 0 Å². The summed E-state index contributed by atoms with van der Waals surface area (Å²) in [7, 11) is -2.42.